The number of fused-ring (bicyclic) bond motifs is 1. The van der Waals surface area contributed by atoms with Gasteiger partial charge in [0.25, 0.3) is 5.56 Å². The first-order chi connectivity index (χ1) is 20.9. The average Bonchev–Trinajstić information content (AvgIpc) is 3.34. The molecule has 43 heavy (non-hydrogen) atoms. The van der Waals surface area contributed by atoms with Crippen LogP contribution < -0.4 is 24.4 Å². The van der Waals surface area contributed by atoms with Crippen molar-refractivity contribution in [1.82, 2.24) is 4.57 Å². The highest BCUT2D eigenvalue weighted by Crippen LogP contribution is 2.36. The van der Waals surface area contributed by atoms with Crippen LogP contribution in [-0.4, -0.2) is 43.4 Å². The maximum absolute atomic E-state index is 14.0. The molecule has 0 fully saturated rings. The number of hydrogen-bond donors (Lipinski definition) is 0. The summed E-state index contributed by atoms with van der Waals surface area (Å²) in [4.78, 5) is 44.5. The molecule has 1 aliphatic heterocycles. The number of rotatable bonds is 10. The predicted octanol–water partition coefficient (Wildman–Crippen LogP) is 3.89. The number of nitrogens with zero attached hydrogens (tertiary/aromatic N) is 2. The topological polar surface area (TPSA) is 105 Å². The minimum absolute atomic E-state index is 0.166. The maximum atomic E-state index is 14.0. The molecule has 5 rings (SSSR count). The lowest BCUT2D eigenvalue weighted by atomic mass is 9.93. The molecular formula is C33H30N2O7S. The van der Waals surface area contributed by atoms with Crippen LogP contribution in [0.15, 0.2) is 94.2 Å². The molecule has 1 atom stereocenters. The van der Waals surface area contributed by atoms with Gasteiger partial charge in [-0.2, -0.15) is 0 Å². The lowest BCUT2D eigenvalue weighted by Gasteiger charge is -2.26. The smallest absolute Gasteiger partial charge is 0.344 e. The quantitative estimate of drug-likeness (QED) is 0.255. The van der Waals surface area contributed by atoms with Gasteiger partial charge in [-0.3, -0.25) is 9.36 Å². The second kappa shape index (κ2) is 13.3. The molecule has 4 aromatic rings. The number of benzene rings is 3. The Morgan fingerprint density at radius 2 is 1.67 bits per heavy atom. The Kier molecular flexibility index (Phi) is 9.17. The lowest BCUT2D eigenvalue weighted by molar-refractivity contribution is -0.145. The molecule has 220 valence electrons. The van der Waals surface area contributed by atoms with Gasteiger partial charge < -0.3 is 18.9 Å². The number of carbonyl (C=O) groups is 2. The number of esters is 2. The number of aromatic nitrogens is 1. The van der Waals surface area contributed by atoms with Crippen LogP contribution in [0.4, 0.5) is 0 Å². The third kappa shape index (κ3) is 6.44. The summed E-state index contributed by atoms with van der Waals surface area (Å²) < 4.78 is 23.3. The molecule has 3 aromatic carbocycles. The second-order valence-corrected chi connectivity index (χ2v) is 10.4. The van der Waals surface area contributed by atoms with E-state index in [-0.39, 0.29) is 31.0 Å². The van der Waals surface area contributed by atoms with Gasteiger partial charge in [-0.05, 0) is 55.3 Å². The highest BCUT2D eigenvalue weighted by Gasteiger charge is 2.35. The SMILES string of the molecule is CCOC(=O)COc1ccc(/C=c2\sc3n(c2=O)[C@H](c2cccc(OC)c2)C(C(=O)OCC)=C(c2ccccc2)N=3)cc1. The fraction of sp³-hybridized carbons (Fsp3) is 0.212. The molecule has 9 nitrogen and oxygen atoms in total. The molecule has 10 heteroatoms. The zero-order valence-electron chi connectivity index (χ0n) is 23.9. The van der Waals surface area contributed by atoms with E-state index >= 15 is 0 Å². The van der Waals surface area contributed by atoms with E-state index in [1.807, 2.05) is 48.5 Å². The molecule has 1 aliphatic rings. The van der Waals surface area contributed by atoms with Gasteiger partial charge in [0.05, 0.1) is 42.2 Å². The van der Waals surface area contributed by atoms with Gasteiger partial charge in [0, 0.05) is 5.56 Å². The summed E-state index contributed by atoms with van der Waals surface area (Å²) in [6.07, 6.45) is 1.76. The van der Waals surface area contributed by atoms with E-state index in [1.165, 1.54) is 11.3 Å². The predicted molar refractivity (Wildman–Crippen MR) is 163 cm³/mol. The minimum Gasteiger partial charge on any atom is -0.497 e. The monoisotopic (exact) mass is 598 g/mol. The summed E-state index contributed by atoms with van der Waals surface area (Å²) in [6.45, 7) is 3.73. The van der Waals surface area contributed by atoms with Crippen molar-refractivity contribution in [3.63, 3.8) is 0 Å². The van der Waals surface area contributed by atoms with Crippen molar-refractivity contribution in [2.75, 3.05) is 26.9 Å². The zero-order chi connectivity index (χ0) is 30.3. The Balaban J connectivity index is 1.65. The minimum atomic E-state index is -0.804. The average molecular weight is 599 g/mol. The van der Waals surface area contributed by atoms with E-state index in [0.717, 1.165) is 11.1 Å². The Morgan fingerprint density at radius 1 is 0.930 bits per heavy atom. The van der Waals surface area contributed by atoms with E-state index in [0.29, 0.717) is 32.1 Å². The first kappa shape index (κ1) is 29.5. The van der Waals surface area contributed by atoms with Crippen molar-refractivity contribution in [3.05, 3.63) is 121 Å². The molecule has 0 bridgehead atoms. The van der Waals surface area contributed by atoms with Crippen molar-refractivity contribution in [1.29, 1.82) is 0 Å². The van der Waals surface area contributed by atoms with Gasteiger partial charge in [-0.1, -0.05) is 65.9 Å². The summed E-state index contributed by atoms with van der Waals surface area (Å²) in [6, 6.07) is 22.9. The van der Waals surface area contributed by atoms with Crippen LogP contribution in [0.5, 0.6) is 11.5 Å². The third-order valence-corrected chi connectivity index (χ3v) is 7.61. The van der Waals surface area contributed by atoms with Gasteiger partial charge in [0.15, 0.2) is 11.4 Å². The van der Waals surface area contributed by atoms with Crippen LogP contribution in [0.3, 0.4) is 0 Å². The fourth-order valence-electron chi connectivity index (χ4n) is 4.72. The molecule has 0 amide bonds. The molecule has 0 unspecified atom stereocenters. The van der Waals surface area contributed by atoms with Crippen LogP contribution in [0.25, 0.3) is 11.8 Å². The van der Waals surface area contributed by atoms with Gasteiger partial charge in [0.1, 0.15) is 11.5 Å². The molecule has 0 saturated heterocycles. The Morgan fingerprint density at radius 3 is 2.37 bits per heavy atom. The lowest BCUT2D eigenvalue weighted by Crippen LogP contribution is -2.40. The van der Waals surface area contributed by atoms with E-state index in [4.69, 9.17) is 23.9 Å². The fourth-order valence-corrected chi connectivity index (χ4v) is 5.72. The van der Waals surface area contributed by atoms with E-state index in [1.54, 1.807) is 61.9 Å². The van der Waals surface area contributed by atoms with E-state index in [2.05, 4.69) is 0 Å². The molecule has 0 aliphatic carbocycles. The van der Waals surface area contributed by atoms with Gasteiger partial charge >= 0.3 is 11.9 Å². The van der Waals surface area contributed by atoms with Crippen LogP contribution in [0.2, 0.25) is 0 Å². The molecule has 1 aromatic heterocycles. The number of ether oxygens (including phenoxy) is 4. The van der Waals surface area contributed by atoms with Crippen molar-refractivity contribution in [2.45, 2.75) is 19.9 Å². The summed E-state index contributed by atoms with van der Waals surface area (Å²) >= 11 is 1.23. The molecule has 2 heterocycles. The molecule has 0 radical (unpaired) electrons. The molecule has 0 spiro atoms. The second-order valence-electron chi connectivity index (χ2n) is 9.37. The molecular weight excluding hydrogens is 568 g/mol. The molecule has 0 saturated carbocycles. The van der Waals surface area contributed by atoms with Crippen LogP contribution in [-0.2, 0) is 19.1 Å². The number of hydrogen-bond acceptors (Lipinski definition) is 9. The summed E-state index contributed by atoms with van der Waals surface area (Å²) in [5, 5.41) is 0. The standard InChI is InChI=1S/C33H30N2O7S/c1-4-40-27(36)20-42-24-16-14-21(15-17-24)18-26-31(37)35-30(23-12-9-13-25(19-23)39-3)28(32(38)41-5-2)29(34-33(35)43-26)22-10-7-6-8-11-22/h6-19,30H,4-5,20H2,1-3H3/b26-18-/t30-/m1/s1. The highest BCUT2D eigenvalue weighted by molar-refractivity contribution is 7.07. The highest BCUT2D eigenvalue weighted by atomic mass is 32.1. The third-order valence-electron chi connectivity index (χ3n) is 6.62. The van der Waals surface area contributed by atoms with E-state index < -0.39 is 18.0 Å². The first-order valence-corrected chi connectivity index (χ1v) is 14.6. The van der Waals surface area contributed by atoms with Crippen molar-refractivity contribution in [3.8, 4) is 11.5 Å². The summed E-state index contributed by atoms with van der Waals surface area (Å²) in [7, 11) is 1.56. The Bertz CT molecular complexity index is 1840. The van der Waals surface area contributed by atoms with Crippen molar-refractivity contribution >= 4 is 35.0 Å². The Labute approximate surface area is 252 Å². The van der Waals surface area contributed by atoms with Crippen molar-refractivity contribution < 1.29 is 28.5 Å². The normalized spacial score (nSPS) is 14.5. The van der Waals surface area contributed by atoms with Crippen LogP contribution in [0.1, 0.15) is 36.6 Å². The zero-order valence-corrected chi connectivity index (χ0v) is 24.8. The summed E-state index contributed by atoms with van der Waals surface area (Å²) in [5.41, 5.74) is 2.58. The largest absolute Gasteiger partial charge is 0.497 e. The number of carbonyl (C=O) groups excluding carboxylic acids is 2. The van der Waals surface area contributed by atoms with Crippen molar-refractivity contribution in [2.24, 2.45) is 4.99 Å². The first-order valence-electron chi connectivity index (χ1n) is 13.7. The summed E-state index contributed by atoms with van der Waals surface area (Å²) in [5.74, 6) is 0.0866. The Hall–Kier alpha value is -4.96. The molecule has 0 N–H and O–H groups in total. The number of methoxy groups -OCH3 is 1. The van der Waals surface area contributed by atoms with E-state index in [9.17, 15) is 14.4 Å². The van der Waals surface area contributed by atoms with Crippen LogP contribution >= 0.6 is 11.3 Å². The number of thiazole rings is 1. The van der Waals surface area contributed by atoms with Gasteiger partial charge in [-0.15, -0.1) is 0 Å². The van der Waals surface area contributed by atoms with Crippen LogP contribution in [0, 0.1) is 0 Å². The van der Waals surface area contributed by atoms with Gasteiger partial charge in [-0.25, -0.2) is 14.6 Å². The maximum Gasteiger partial charge on any atom is 0.344 e. The van der Waals surface area contributed by atoms with Gasteiger partial charge in [0.2, 0.25) is 0 Å².